The first kappa shape index (κ1) is 13.9. The molecule has 0 aliphatic heterocycles. The number of rotatable bonds is 2. The highest BCUT2D eigenvalue weighted by Gasteiger charge is 2.14. The maximum atomic E-state index is 14.4. The second kappa shape index (κ2) is 5.17. The molecule has 0 bridgehead atoms. The molecule has 0 atom stereocenters. The average Bonchev–Trinajstić information content (AvgIpc) is 3.11. The lowest BCUT2D eigenvalue weighted by atomic mass is 10.1. The molecule has 0 saturated carbocycles. The van der Waals surface area contributed by atoms with Gasteiger partial charge in [-0.1, -0.05) is 23.5 Å². The summed E-state index contributed by atoms with van der Waals surface area (Å²) in [6.45, 7) is 0. The summed E-state index contributed by atoms with van der Waals surface area (Å²) >= 11 is 1.56. The van der Waals surface area contributed by atoms with E-state index < -0.39 is 5.82 Å². The Morgan fingerprint density at radius 2 is 2.09 bits per heavy atom. The third kappa shape index (κ3) is 2.19. The number of hydrogen-bond acceptors (Lipinski definition) is 3. The highest BCUT2D eigenvalue weighted by atomic mass is 32.1. The Morgan fingerprint density at radius 3 is 2.87 bits per heavy atom. The summed E-state index contributed by atoms with van der Waals surface area (Å²) < 4.78 is 17.5. The molecule has 23 heavy (non-hydrogen) atoms. The first-order chi connectivity index (χ1) is 11.2. The highest BCUT2D eigenvalue weighted by molar-refractivity contribution is 7.23. The van der Waals surface area contributed by atoms with Crippen molar-refractivity contribution in [1.29, 1.82) is 0 Å². The van der Waals surface area contributed by atoms with Crippen LogP contribution in [0.3, 0.4) is 0 Å². The van der Waals surface area contributed by atoms with Crippen molar-refractivity contribution in [2.45, 2.75) is 0 Å². The molecule has 0 saturated heterocycles. The van der Waals surface area contributed by atoms with Crippen molar-refractivity contribution in [3.8, 4) is 11.3 Å². The van der Waals surface area contributed by atoms with E-state index in [1.54, 1.807) is 23.5 Å². The lowest BCUT2D eigenvalue weighted by molar-refractivity contribution is 0.0962. The van der Waals surface area contributed by atoms with Crippen molar-refractivity contribution in [2.24, 2.45) is 0 Å². The molecule has 0 radical (unpaired) electrons. The minimum Gasteiger partial charge on any atom is -0.355 e. The van der Waals surface area contributed by atoms with Crippen LogP contribution < -0.4 is 5.32 Å². The zero-order valence-electron chi connectivity index (χ0n) is 12.2. The highest BCUT2D eigenvalue weighted by Crippen LogP contribution is 2.30. The van der Waals surface area contributed by atoms with Crippen LogP contribution in [0.4, 0.5) is 4.39 Å². The minimum atomic E-state index is -0.457. The summed E-state index contributed by atoms with van der Waals surface area (Å²) in [7, 11) is 1.52. The van der Waals surface area contributed by atoms with Gasteiger partial charge in [0, 0.05) is 24.4 Å². The van der Waals surface area contributed by atoms with Gasteiger partial charge in [-0.3, -0.25) is 9.20 Å². The van der Waals surface area contributed by atoms with Crippen molar-refractivity contribution in [1.82, 2.24) is 14.7 Å². The molecule has 114 valence electrons. The maximum absolute atomic E-state index is 14.4. The number of amides is 1. The predicted molar refractivity (Wildman–Crippen MR) is 89.4 cm³/mol. The van der Waals surface area contributed by atoms with Crippen LogP contribution in [0.25, 0.3) is 26.4 Å². The van der Waals surface area contributed by atoms with Crippen LogP contribution in [0.1, 0.15) is 10.4 Å². The van der Waals surface area contributed by atoms with Gasteiger partial charge >= 0.3 is 0 Å². The van der Waals surface area contributed by atoms with Gasteiger partial charge in [0.1, 0.15) is 5.82 Å². The number of halogens is 1. The Labute approximate surface area is 135 Å². The summed E-state index contributed by atoms with van der Waals surface area (Å²) in [6.07, 6.45) is 1.83. The van der Waals surface area contributed by atoms with Crippen LogP contribution >= 0.6 is 11.3 Å². The Bertz CT molecular complexity index is 1050. The van der Waals surface area contributed by atoms with E-state index >= 15 is 0 Å². The second-order valence-corrected chi connectivity index (χ2v) is 6.13. The topological polar surface area (TPSA) is 46.4 Å². The third-order valence-corrected chi connectivity index (χ3v) is 4.77. The summed E-state index contributed by atoms with van der Waals surface area (Å²) in [5.41, 5.74) is 2.29. The summed E-state index contributed by atoms with van der Waals surface area (Å²) in [6, 6.07) is 12.4. The van der Waals surface area contributed by atoms with Crippen LogP contribution in [0.5, 0.6) is 0 Å². The molecule has 2 heterocycles. The fourth-order valence-electron chi connectivity index (χ4n) is 2.59. The number of carbonyl (C=O) groups is 1. The zero-order chi connectivity index (χ0) is 16.0. The van der Waals surface area contributed by atoms with Gasteiger partial charge in [0.15, 0.2) is 4.96 Å². The molecule has 4 nitrogen and oxygen atoms in total. The van der Waals surface area contributed by atoms with E-state index in [4.69, 9.17) is 0 Å². The molecule has 1 amide bonds. The molecule has 1 N–H and O–H groups in total. The van der Waals surface area contributed by atoms with Crippen LogP contribution in [0.15, 0.2) is 48.7 Å². The Kier molecular flexibility index (Phi) is 3.12. The van der Waals surface area contributed by atoms with Crippen molar-refractivity contribution in [2.75, 3.05) is 7.05 Å². The summed E-state index contributed by atoms with van der Waals surface area (Å²) in [5, 5.41) is 2.48. The number of carbonyl (C=O) groups excluding carboxylic acids is 1. The van der Waals surface area contributed by atoms with Gasteiger partial charge in [-0.25, -0.2) is 9.37 Å². The van der Waals surface area contributed by atoms with Gasteiger partial charge < -0.3 is 5.32 Å². The SMILES string of the molecule is CNC(=O)c1ccc(-c2cn3c(n2)sc2ccccc23)c(F)c1. The predicted octanol–water partition coefficient (Wildman–Crippen LogP) is 3.71. The third-order valence-electron chi connectivity index (χ3n) is 3.73. The molecule has 0 spiro atoms. The van der Waals surface area contributed by atoms with Crippen molar-refractivity contribution >= 4 is 32.4 Å². The Morgan fingerprint density at radius 1 is 1.26 bits per heavy atom. The zero-order valence-corrected chi connectivity index (χ0v) is 13.0. The second-order valence-electron chi connectivity index (χ2n) is 5.12. The summed E-state index contributed by atoms with van der Waals surface area (Å²) in [5.74, 6) is -0.770. The number of benzene rings is 2. The molecule has 0 aliphatic carbocycles. The molecule has 0 fully saturated rings. The molecular formula is C17H12FN3OS. The normalized spacial score (nSPS) is 11.2. The van der Waals surface area contributed by atoms with Gasteiger partial charge in [-0.15, -0.1) is 0 Å². The number of imidazole rings is 1. The molecule has 6 heteroatoms. The van der Waals surface area contributed by atoms with E-state index in [-0.39, 0.29) is 5.91 Å². The van der Waals surface area contributed by atoms with Crippen LogP contribution in [-0.4, -0.2) is 22.3 Å². The Hall–Kier alpha value is -2.73. The van der Waals surface area contributed by atoms with E-state index in [1.807, 2.05) is 34.9 Å². The van der Waals surface area contributed by atoms with Crippen LogP contribution in [-0.2, 0) is 0 Å². The van der Waals surface area contributed by atoms with Crippen molar-refractivity contribution in [3.05, 3.63) is 60.0 Å². The van der Waals surface area contributed by atoms with E-state index in [1.165, 1.54) is 13.1 Å². The molecule has 4 aromatic rings. The van der Waals surface area contributed by atoms with E-state index in [0.29, 0.717) is 16.8 Å². The lowest BCUT2D eigenvalue weighted by Gasteiger charge is -2.03. The van der Waals surface area contributed by atoms with Crippen LogP contribution in [0.2, 0.25) is 0 Å². The Balaban J connectivity index is 1.84. The number of nitrogens with zero attached hydrogens (tertiary/aromatic N) is 2. The van der Waals surface area contributed by atoms with Gasteiger partial charge in [0.05, 0.1) is 15.9 Å². The number of thiazole rings is 1. The monoisotopic (exact) mass is 325 g/mol. The van der Waals surface area contributed by atoms with Crippen LogP contribution in [0, 0.1) is 5.82 Å². The number of para-hydroxylation sites is 1. The quantitative estimate of drug-likeness (QED) is 0.610. The fourth-order valence-corrected chi connectivity index (χ4v) is 3.59. The van der Waals surface area contributed by atoms with Gasteiger partial charge in [0.25, 0.3) is 5.91 Å². The van der Waals surface area contributed by atoms with Gasteiger partial charge in [-0.2, -0.15) is 0 Å². The van der Waals surface area contributed by atoms with E-state index in [0.717, 1.165) is 15.2 Å². The molecule has 2 aromatic carbocycles. The maximum Gasteiger partial charge on any atom is 0.251 e. The summed E-state index contributed by atoms with van der Waals surface area (Å²) in [4.78, 5) is 16.9. The molecule has 2 aromatic heterocycles. The standard InChI is InChI=1S/C17H12FN3OS/c1-19-16(22)10-6-7-11(12(18)8-10)13-9-21-14-4-2-3-5-15(14)23-17(21)20-13/h2-9H,1H3,(H,19,22). The lowest BCUT2D eigenvalue weighted by Crippen LogP contribution is -2.17. The molecule has 0 unspecified atom stereocenters. The first-order valence-corrected chi connectivity index (χ1v) is 7.87. The first-order valence-electron chi connectivity index (χ1n) is 7.06. The molecule has 0 aliphatic rings. The number of aromatic nitrogens is 2. The molecular weight excluding hydrogens is 313 g/mol. The number of fused-ring (bicyclic) bond motifs is 3. The van der Waals surface area contributed by atoms with Gasteiger partial charge in [0.2, 0.25) is 0 Å². The van der Waals surface area contributed by atoms with Crippen molar-refractivity contribution in [3.63, 3.8) is 0 Å². The van der Waals surface area contributed by atoms with E-state index in [2.05, 4.69) is 10.3 Å². The number of hydrogen-bond donors (Lipinski definition) is 1. The van der Waals surface area contributed by atoms with E-state index in [9.17, 15) is 9.18 Å². The molecule has 4 rings (SSSR count). The van der Waals surface area contributed by atoms with Gasteiger partial charge in [-0.05, 0) is 30.3 Å². The number of nitrogens with one attached hydrogen (secondary N) is 1. The van der Waals surface area contributed by atoms with Crippen molar-refractivity contribution < 1.29 is 9.18 Å². The largest absolute Gasteiger partial charge is 0.355 e. The smallest absolute Gasteiger partial charge is 0.251 e. The minimum absolute atomic E-state index is 0.292. The fraction of sp³-hybridized carbons (Fsp3) is 0.0588. The average molecular weight is 325 g/mol.